The second-order valence-corrected chi connectivity index (χ2v) is 5.90. The molecule has 21 heavy (non-hydrogen) atoms. The van der Waals surface area contributed by atoms with E-state index in [-0.39, 0.29) is 11.3 Å². The molecule has 0 saturated carbocycles. The fraction of sp³-hybridized carbons (Fsp3) is 0.533. The summed E-state index contributed by atoms with van der Waals surface area (Å²) in [5.41, 5.74) is -0.00351. The van der Waals surface area contributed by atoms with Gasteiger partial charge >= 0.3 is 5.97 Å². The number of carboxylic acid groups (broad SMARTS) is 1. The van der Waals surface area contributed by atoms with E-state index >= 15 is 0 Å². The molecule has 6 heteroatoms. The Balaban J connectivity index is 2.23. The largest absolute Gasteiger partial charge is 0.477 e. The van der Waals surface area contributed by atoms with Gasteiger partial charge in [-0.3, -0.25) is 15.0 Å². The van der Waals surface area contributed by atoms with E-state index in [0.717, 1.165) is 19.5 Å². The maximum absolute atomic E-state index is 11.4. The van der Waals surface area contributed by atoms with Crippen molar-refractivity contribution in [2.45, 2.75) is 26.8 Å². The van der Waals surface area contributed by atoms with Gasteiger partial charge in [-0.25, -0.2) is 4.79 Å². The first-order valence-corrected chi connectivity index (χ1v) is 7.12. The Kier molecular flexibility index (Phi) is 4.57. The Morgan fingerprint density at radius 1 is 1.52 bits per heavy atom. The summed E-state index contributed by atoms with van der Waals surface area (Å²) in [5, 5.41) is 20.3. The third-order valence-corrected chi connectivity index (χ3v) is 4.18. The third kappa shape index (κ3) is 3.39. The highest BCUT2D eigenvalue weighted by Gasteiger charge is 2.28. The van der Waals surface area contributed by atoms with Gasteiger partial charge in [0.1, 0.15) is 5.56 Å². The number of aromatic carboxylic acids is 1. The third-order valence-electron chi connectivity index (χ3n) is 4.18. The summed E-state index contributed by atoms with van der Waals surface area (Å²) in [5.74, 6) is -0.0343. The summed E-state index contributed by atoms with van der Waals surface area (Å²) < 4.78 is 0. The van der Waals surface area contributed by atoms with E-state index in [2.05, 4.69) is 18.7 Å². The van der Waals surface area contributed by atoms with E-state index in [1.165, 1.54) is 6.07 Å². The van der Waals surface area contributed by atoms with Crippen LogP contribution in [0.1, 0.15) is 36.2 Å². The van der Waals surface area contributed by atoms with E-state index in [0.29, 0.717) is 23.9 Å². The van der Waals surface area contributed by atoms with Crippen molar-refractivity contribution >= 4 is 11.7 Å². The fourth-order valence-corrected chi connectivity index (χ4v) is 2.91. The van der Waals surface area contributed by atoms with Crippen molar-refractivity contribution in [1.29, 1.82) is 0 Å². The van der Waals surface area contributed by atoms with Gasteiger partial charge in [0, 0.05) is 19.2 Å². The molecule has 1 fully saturated rings. The molecule has 1 unspecified atom stereocenters. The quantitative estimate of drug-likeness (QED) is 0.666. The van der Waals surface area contributed by atoms with Crippen molar-refractivity contribution in [3.05, 3.63) is 39.4 Å². The van der Waals surface area contributed by atoms with E-state index in [9.17, 15) is 20.0 Å². The molecule has 6 nitrogen and oxygen atoms in total. The highest BCUT2D eigenvalue weighted by molar-refractivity contribution is 5.94. The van der Waals surface area contributed by atoms with E-state index in [1.54, 1.807) is 12.1 Å². The van der Waals surface area contributed by atoms with Crippen LogP contribution in [0.3, 0.4) is 0 Å². The molecule has 1 aromatic rings. The van der Waals surface area contributed by atoms with E-state index < -0.39 is 10.9 Å². The number of carbonyl (C=O) groups is 1. The minimum atomic E-state index is -1.24. The molecule has 0 bridgehead atoms. The molecule has 1 heterocycles. The number of hydrogen-bond donors (Lipinski definition) is 1. The predicted octanol–water partition coefficient (Wildman–Crippen LogP) is 2.77. The summed E-state index contributed by atoms with van der Waals surface area (Å²) in [4.78, 5) is 23.9. The molecule has 1 N–H and O–H groups in total. The van der Waals surface area contributed by atoms with Crippen LogP contribution in [0.2, 0.25) is 0 Å². The fourth-order valence-electron chi connectivity index (χ4n) is 2.91. The molecular weight excluding hydrogens is 272 g/mol. The standard InChI is InChI=1S/C15H20N2O4/c1-10(2)11-6-7-16(8-11)9-12-4-3-5-13(17(20)21)14(12)15(18)19/h3-5,10-11H,6-9H2,1-2H3,(H,18,19). The smallest absolute Gasteiger partial charge is 0.343 e. The minimum absolute atomic E-state index is 0.185. The summed E-state index contributed by atoms with van der Waals surface area (Å²) in [6.45, 7) is 6.64. The minimum Gasteiger partial charge on any atom is -0.477 e. The van der Waals surface area contributed by atoms with Gasteiger partial charge in [0.25, 0.3) is 5.69 Å². The first kappa shape index (κ1) is 15.4. The van der Waals surface area contributed by atoms with E-state index in [4.69, 9.17) is 0 Å². The first-order valence-electron chi connectivity index (χ1n) is 7.12. The second kappa shape index (κ2) is 6.22. The average molecular weight is 292 g/mol. The summed E-state index contributed by atoms with van der Waals surface area (Å²) in [7, 11) is 0. The number of hydrogen-bond acceptors (Lipinski definition) is 4. The molecular formula is C15H20N2O4. The summed E-state index contributed by atoms with van der Waals surface area (Å²) in [6, 6.07) is 4.46. The van der Waals surface area contributed by atoms with Gasteiger partial charge in [0.2, 0.25) is 0 Å². The Bertz CT molecular complexity index is 557. The van der Waals surface area contributed by atoms with Crippen molar-refractivity contribution in [3.63, 3.8) is 0 Å². The van der Waals surface area contributed by atoms with Gasteiger partial charge in [0.15, 0.2) is 0 Å². The Labute approximate surface area is 123 Å². The number of rotatable bonds is 5. The molecule has 0 amide bonds. The summed E-state index contributed by atoms with van der Waals surface area (Å²) in [6.07, 6.45) is 1.09. The van der Waals surface area contributed by atoms with Crippen molar-refractivity contribution in [2.24, 2.45) is 11.8 Å². The number of nitrogens with zero attached hydrogens (tertiary/aromatic N) is 2. The van der Waals surface area contributed by atoms with Gasteiger partial charge in [0.05, 0.1) is 4.92 Å². The molecule has 0 spiro atoms. The summed E-state index contributed by atoms with van der Waals surface area (Å²) >= 11 is 0. The molecule has 0 aromatic heterocycles. The molecule has 1 saturated heterocycles. The second-order valence-electron chi connectivity index (χ2n) is 5.90. The van der Waals surface area contributed by atoms with Crippen LogP contribution in [0.25, 0.3) is 0 Å². The molecule has 114 valence electrons. The highest BCUT2D eigenvalue weighted by Crippen LogP contribution is 2.28. The molecule has 1 aromatic carbocycles. The Morgan fingerprint density at radius 2 is 2.24 bits per heavy atom. The van der Waals surface area contributed by atoms with Crippen molar-refractivity contribution in [1.82, 2.24) is 4.90 Å². The zero-order chi connectivity index (χ0) is 15.6. The molecule has 0 radical (unpaired) electrons. The average Bonchev–Trinajstić information content (AvgIpc) is 2.86. The molecule has 1 atom stereocenters. The van der Waals surface area contributed by atoms with Crippen LogP contribution in [0, 0.1) is 22.0 Å². The number of likely N-dealkylation sites (tertiary alicyclic amines) is 1. The zero-order valence-corrected chi connectivity index (χ0v) is 12.3. The first-order chi connectivity index (χ1) is 9.90. The highest BCUT2D eigenvalue weighted by atomic mass is 16.6. The van der Waals surface area contributed by atoms with Crippen LogP contribution in [0.5, 0.6) is 0 Å². The lowest BCUT2D eigenvalue weighted by atomic mass is 9.95. The van der Waals surface area contributed by atoms with Gasteiger partial charge < -0.3 is 5.11 Å². The maximum atomic E-state index is 11.4. The normalized spacial score (nSPS) is 19.1. The van der Waals surface area contributed by atoms with Crippen LogP contribution in [-0.4, -0.2) is 34.0 Å². The van der Waals surface area contributed by atoms with Crippen LogP contribution < -0.4 is 0 Å². The molecule has 2 rings (SSSR count). The zero-order valence-electron chi connectivity index (χ0n) is 12.3. The lowest BCUT2D eigenvalue weighted by Gasteiger charge is -2.18. The van der Waals surface area contributed by atoms with Gasteiger partial charge in [-0.2, -0.15) is 0 Å². The van der Waals surface area contributed by atoms with Crippen LogP contribution >= 0.6 is 0 Å². The predicted molar refractivity (Wildman–Crippen MR) is 78.3 cm³/mol. The maximum Gasteiger partial charge on any atom is 0.343 e. The molecule has 0 aliphatic carbocycles. The van der Waals surface area contributed by atoms with Crippen molar-refractivity contribution in [3.8, 4) is 0 Å². The SMILES string of the molecule is CC(C)C1CCN(Cc2cccc([N+](=O)[O-])c2C(=O)O)C1. The number of benzene rings is 1. The number of nitro benzene ring substituents is 1. The van der Waals surface area contributed by atoms with Gasteiger partial charge in [-0.15, -0.1) is 0 Å². The topological polar surface area (TPSA) is 83.7 Å². The Hall–Kier alpha value is -1.95. The lowest BCUT2D eigenvalue weighted by molar-refractivity contribution is -0.385. The van der Waals surface area contributed by atoms with E-state index in [1.807, 2.05) is 0 Å². The monoisotopic (exact) mass is 292 g/mol. The van der Waals surface area contributed by atoms with Crippen LogP contribution in [0.15, 0.2) is 18.2 Å². The Morgan fingerprint density at radius 3 is 2.76 bits per heavy atom. The lowest BCUT2D eigenvalue weighted by Crippen LogP contribution is -2.23. The molecule has 1 aliphatic rings. The van der Waals surface area contributed by atoms with Crippen molar-refractivity contribution in [2.75, 3.05) is 13.1 Å². The molecule has 1 aliphatic heterocycles. The van der Waals surface area contributed by atoms with Crippen LogP contribution in [-0.2, 0) is 6.54 Å². The number of nitro groups is 1. The van der Waals surface area contributed by atoms with Gasteiger partial charge in [-0.05, 0) is 30.4 Å². The van der Waals surface area contributed by atoms with Crippen LogP contribution in [0.4, 0.5) is 5.69 Å². The van der Waals surface area contributed by atoms with Crippen molar-refractivity contribution < 1.29 is 14.8 Å². The van der Waals surface area contributed by atoms with Gasteiger partial charge in [-0.1, -0.05) is 26.0 Å². The number of carboxylic acids is 1.